The number of sulfonamides is 1. The number of carbonyl (C=O) groups is 1. The number of carbonyl (C=O) groups excluding carboxylic acids is 1. The van der Waals surface area contributed by atoms with Crippen LogP contribution < -0.4 is 15.4 Å². The number of nitrogens with one attached hydrogen (secondary N) is 3. The number of rotatable bonds is 7. The zero-order valence-corrected chi connectivity index (χ0v) is 16.4. The smallest absolute Gasteiger partial charge is 0.240 e. The first-order chi connectivity index (χ1) is 11.4. The van der Waals surface area contributed by atoms with Crippen LogP contribution in [0.1, 0.15) is 44.6 Å². The minimum absolute atomic E-state index is 0. The van der Waals surface area contributed by atoms with Crippen LogP contribution in [-0.2, 0) is 14.8 Å². The van der Waals surface area contributed by atoms with Gasteiger partial charge in [-0.2, -0.15) is 0 Å². The van der Waals surface area contributed by atoms with E-state index >= 15 is 0 Å². The summed E-state index contributed by atoms with van der Waals surface area (Å²) in [5.41, 5.74) is 1.09. The summed E-state index contributed by atoms with van der Waals surface area (Å²) in [7, 11) is -3.57. The molecule has 0 saturated carbocycles. The predicted molar refractivity (Wildman–Crippen MR) is 102 cm³/mol. The molecule has 1 saturated heterocycles. The first kappa shape index (κ1) is 21.9. The molecular weight excluding hydrogens is 362 g/mol. The van der Waals surface area contributed by atoms with E-state index in [0.717, 1.165) is 31.5 Å². The van der Waals surface area contributed by atoms with E-state index in [1.807, 2.05) is 12.1 Å². The van der Waals surface area contributed by atoms with Crippen LogP contribution in [0.25, 0.3) is 0 Å². The van der Waals surface area contributed by atoms with Crippen molar-refractivity contribution in [2.45, 2.75) is 50.0 Å². The van der Waals surface area contributed by atoms with Gasteiger partial charge in [0.05, 0.1) is 4.90 Å². The molecule has 1 fully saturated rings. The fourth-order valence-electron chi connectivity index (χ4n) is 2.69. The number of hydrogen-bond acceptors (Lipinski definition) is 4. The first-order valence-corrected chi connectivity index (χ1v) is 9.96. The Labute approximate surface area is 156 Å². The molecule has 1 amide bonds. The lowest BCUT2D eigenvalue weighted by Gasteiger charge is -2.23. The van der Waals surface area contributed by atoms with Crippen LogP contribution in [-0.4, -0.2) is 40.0 Å². The second kappa shape index (κ2) is 10.1. The minimum atomic E-state index is -3.57. The average molecular weight is 390 g/mol. The molecule has 1 aliphatic rings. The molecule has 0 aromatic heterocycles. The number of benzene rings is 1. The van der Waals surface area contributed by atoms with Crippen molar-refractivity contribution in [3.63, 3.8) is 0 Å². The van der Waals surface area contributed by atoms with Crippen LogP contribution in [0.4, 0.5) is 0 Å². The van der Waals surface area contributed by atoms with E-state index < -0.39 is 10.0 Å². The standard InChI is InChI=1S/C17H27N3O3S.ClH/c1-13(2)14-5-7-16(8-6-14)24(22,23)19-11-9-17(21)20-15-4-3-10-18-12-15;/h5-8,13,15,18-19H,3-4,9-12H2,1-2H3,(H,20,21);1H/t15-;/m0./s1. The molecule has 0 radical (unpaired) electrons. The molecule has 1 aromatic carbocycles. The Morgan fingerprint density at radius 2 is 1.96 bits per heavy atom. The summed E-state index contributed by atoms with van der Waals surface area (Å²) in [6, 6.07) is 6.99. The highest BCUT2D eigenvalue weighted by atomic mass is 35.5. The zero-order chi connectivity index (χ0) is 17.6. The van der Waals surface area contributed by atoms with Crippen LogP contribution in [0.5, 0.6) is 0 Å². The van der Waals surface area contributed by atoms with Crippen molar-refractivity contribution in [2.24, 2.45) is 0 Å². The SMILES string of the molecule is CC(C)c1ccc(S(=O)(=O)NCCC(=O)N[C@H]2CCCNC2)cc1.Cl. The highest BCUT2D eigenvalue weighted by molar-refractivity contribution is 7.89. The van der Waals surface area contributed by atoms with Gasteiger partial charge < -0.3 is 10.6 Å². The summed E-state index contributed by atoms with van der Waals surface area (Å²) in [4.78, 5) is 12.1. The summed E-state index contributed by atoms with van der Waals surface area (Å²) < 4.78 is 27.0. The van der Waals surface area contributed by atoms with Crippen molar-refractivity contribution in [3.8, 4) is 0 Å². The molecule has 142 valence electrons. The number of halogens is 1. The van der Waals surface area contributed by atoms with Crippen LogP contribution in [0.2, 0.25) is 0 Å². The molecule has 25 heavy (non-hydrogen) atoms. The number of piperidine rings is 1. The summed E-state index contributed by atoms with van der Waals surface area (Å²) in [6.45, 7) is 5.98. The quantitative estimate of drug-likeness (QED) is 0.663. The lowest BCUT2D eigenvalue weighted by molar-refractivity contribution is -0.121. The van der Waals surface area contributed by atoms with Crippen LogP contribution >= 0.6 is 12.4 Å². The molecule has 2 rings (SSSR count). The van der Waals surface area contributed by atoms with E-state index in [9.17, 15) is 13.2 Å². The lowest BCUT2D eigenvalue weighted by atomic mass is 10.0. The van der Waals surface area contributed by atoms with Crippen molar-refractivity contribution in [1.82, 2.24) is 15.4 Å². The minimum Gasteiger partial charge on any atom is -0.352 e. The van der Waals surface area contributed by atoms with E-state index in [4.69, 9.17) is 0 Å². The molecule has 6 nitrogen and oxygen atoms in total. The molecule has 1 heterocycles. The predicted octanol–water partition coefficient (Wildman–Crippen LogP) is 1.77. The van der Waals surface area contributed by atoms with Gasteiger partial charge in [0, 0.05) is 25.6 Å². The molecule has 3 N–H and O–H groups in total. The number of hydrogen-bond donors (Lipinski definition) is 3. The summed E-state index contributed by atoms with van der Waals surface area (Å²) in [6.07, 6.45) is 2.15. The second-order valence-electron chi connectivity index (χ2n) is 6.48. The topological polar surface area (TPSA) is 87.3 Å². The maximum Gasteiger partial charge on any atom is 0.240 e. The summed E-state index contributed by atoms with van der Waals surface area (Å²) in [5.74, 6) is 0.231. The van der Waals surface area contributed by atoms with Crippen molar-refractivity contribution >= 4 is 28.3 Å². The molecule has 1 atom stereocenters. The van der Waals surface area contributed by atoms with Gasteiger partial charge in [0.25, 0.3) is 0 Å². The molecule has 1 aliphatic heterocycles. The Morgan fingerprint density at radius 3 is 2.52 bits per heavy atom. The Morgan fingerprint density at radius 1 is 1.28 bits per heavy atom. The Bertz CT molecular complexity index is 642. The molecule has 0 spiro atoms. The van der Waals surface area contributed by atoms with Crippen LogP contribution in [0, 0.1) is 0 Å². The Balaban J connectivity index is 0.00000312. The third kappa shape index (κ3) is 6.93. The summed E-state index contributed by atoms with van der Waals surface area (Å²) >= 11 is 0. The summed E-state index contributed by atoms with van der Waals surface area (Å²) in [5, 5.41) is 6.16. The monoisotopic (exact) mass is 389 g/mol. The number of amides is 1. The highest BCUT2D eigenvalue weighted by Gasteiger charge is 2.17. The van der Waals surface area contributed by atoms with Gasteiger partial charge in [0.1, 0.15) is 0 Å². The fourth-order valence-corrected chi connectivity index (χ4v) is 3.72. The van der Waals surface area contributed by atoms with E-state index in [-0.39, 0.29) is 42.2 Å². The first-order valence-electron chi connectivity index (χ1n) is 8.48. The van der Waals surface area contributed by atoms with Gasteiger partial charge in [-0.1, -0.05) is 26.0 Å². The Kier molecular flexibility index (Phi) is 8.85. The second-order valence-corrected chi connectivity index (χ2v) is 8.25. The fraction of sp³-hybridized carbons (Fsp3) is 0.588. The molecule has 0 unspecified atom stereocenters. The maximum atomic E-state index is 12.2. The molecule has 0 aliphatic carbocycles. The molecule has 0 bridgehead atoms. The van der Waals surface area contributed by atoms with E-state index in [2.05, 4.69) is 29.2 Å². The molecular formula is C17H28ClN3O3S. The van der Waals surface area contributed by atoms with E-state index in [1.54, 1.807) is 12.1 Å². The molecule has 1 aromatic rings. The largest absolute Gasteiger partial charge is 0.352 e. The third-order valence-electron chi connectivity index (χ3n) is 4.16. The van der Waals surface area contributed by atoms with Crippen molar-refractivity contribution < 1.29 is 13.2 Å². The lowest BCUT2D eigenvalue weighted by Crippen LogP contribution is -2.46. The van der Waals surface area contributed by atoms with Crippen LogP contribution in [0.3, 0.4) is 0 Å². The van der Waals surface area contributed by atoms with Crippen molar-refractivity contribution in [3.05, 3.63) is 29.8 Å². The normalized spacial score (nSPS) is 17.8. The van der Waals surface area contributed by atoms with Gasteiger partial charge in [-0.15, -0.1) is 12.4 Å². The van der Waals surface area contributed by atoms with Crippen molar-refractivity contribution in [2.75, 3.05) is 19.6 Å². The van der Waals surface area contributed by atoms with Gasteiger partial charge in [-0.25, -0.2) is 13.1 Å². The van der Waals surface area contributed by atoms with Gasteiger partial charge in [0.15, 0.2) is 0 Å². The van der Waals surface area contributed by atoms with Crippen LogP contribution in [0.15, 0.2) is 29.2 Å². The van der Waals surface area contributed by atoms with E-state index in [0.29, 0.717) is 5.92 Å². The average Bonchev–Trinajstić information content (AvgIpc) is 2.55. The maximum absolute atomic E-state index is 12.2. The third-order valence-corrected chi connectivity index (χ3v) is 5.64. The zero-order valence-electron chi connectivity index (χ0n) is 14.7. The van der Waals surface area contributed by atoms with Crippen molar-refractivity contribution in [1.29, 1.82) is 0 Å². The van der Waals surface area contributed by atoms with Gasteiger partial charge in [-0.05, 0) is 43.0 Å². The van der Waals surface area contributed by atoms with Gasteiger partial charge in [0.2, 0.25) is 15.9 Å². The van der Waals surface area contributed by atoms with Gasteiger partial charge >= 0.3 is 0 Å². The highest BCUT2D eigenvalue weighted by Crippen LogP contribution is 2.17. The van der Waals surface area contributed by atoms with Gasteiger partial charge in [-0.3, -0.25) is 4.79 Å². The molecule has 8 heteroatoms. The van der Waals surface area contributed by atoms with E-state index in [1.165, 1.54) is 0 Å². The Hall–Kier alpha value is -1.15.